The van der Waals surface area contributed by atoms with Crippen molar-refractivity contribution >= 4 is 11.6 Å². The lowest BCUT2D eigenvalue weighted by molar-refractivity contribution is 0.0951. The van der Waals surface area contributed by atoms with E-state index in [0.717, 1.165) is 12.1 Å². The molecule has 0 spiro atoms. The van der Waals surface area contributed by atoms with Crippen LogP contribution in [0.3, 0.4) is 0 Å². The Morgan fingerprint density at radius 3 is 2.79 bits per heavy atom. The molecule has 3 N–H and O–H groups in total. The van der Waals surface area contributed by atoms with Crippen LogP contribution in [0.15, 0.2) is 36.7 Å². The Bertz CT molecular complexity index is 617. The van der Waals surface area contributed by atoms with Gasteiger partial charge in [-0.05, 0) is 12.1 Å². The van der Waals surface area contributed by atoms with Gasteiger partial charge in [-0.2, -0.15) is 0 Å². The van der Waals surface area contributed by atoms with Crippen molar-refractivity contribution in [1.29, 1.82) is 0 Å². The maximum atomic E-state index is 13.4. The Morgan fingerprint density at radius 2 is 2.11 bits per heavy atom. The molecule has 0 bridgehead atoms. The van der Waals surface area contributed by atoms with Gasteiger partial charge < -0.3 is 11.1 Å². The fourth-order valence-corrected chi connectivity index (χ4v) is 1.55. The number of nitrogens with one attached hydrogen (secondary N) is 1. The summed E-state index contributed by atoms with van der Waals surface area (Å²) >= 11 is 0. The number of carbonyl (C=O) groups is 1. The summed E-state index contributed by atoms with van der Waals surface area (Å²) in [5.41, 5.74) is 6.29. The molecule has 1 aromatic carbocycles. The van der Waals surface area contributed by atoms with E-state index in [9.17, 15) is 13.6 Å². The molecule has 4 nitrogen and oxygen atoms in total. The average molecular weight is 263 g/mol. The summed E-state index contributed by atoms with van der Waals surface area (Å²) in [7, 11) is 0. The van der Waals surface area contributed by atoms with Gasteiger partial charge in [0.05, 0.1) is 17.4 Å². The topological polar surface area (TPSA) is 68.0 Å². The van der Waals surface area contributed by atoms with Gasteiger partial charge in [-0.25, -0.2) is 8.78 Å². The summed E-state index contributed by atoms with van der Waals surface area (Å²) < 4.78 is 26.1. The van der Waals surface area contributed by atoms with E-state index in [-0.39, 0.29) is 23.4 Å². The first-order chi connectivity index (χ1) is 9.08. The predicted molar refractivity (Wildman–Crippen MR) is 66.2 cm³/mol. The highest BCUT2D eigenvalue weighted by atomic mass is 19.1. The number of nitrogen functional groups attached to an aromatic ring is 1. The van der Waals surface area contributed by atoms with E-state index in [2.05, 4.69) is 10.3 Å². The SMILES string of the molecule is Nc1cnccc1C(=O)NCc1ccc(F)cc1F. The summed E-state index contributed by atoms with van der Waals surface area (Å²) in [5, 5.41) is 2.51. The molecule has 0 aliphatic rings. The lowest BCUT2D eigenvalue weighted by atomic mass is 10.2. The second kappa shape index (κ2) is 5.43. The number of halogens is 2. The third kappa shape index (κ3) is 3.04. The molecule has 0 radical (unpaired) electrons. The molecule has 1 heterocycles. The van der Waals surface area contributed by atoms with Gasteiger partial charge in [0.2, 0.25) is 0 Å². The van der Waals surface area contributed by atoms with Gasteiger partial charge in [0, 0.05) is 24.4 Å². The van der Waals surface area contributed by atoms with Crippen molar-refractivity contribution in [1.82, 2.24) is 10.3 Å². The van der Waals surface area contributed by atoms with Crippen LogP contribution in [0.5, 0.6) is 0 Å². The maximum Gasteiger partial charge on any atom is 0.253 e. The molecule has 0 aliphatic heterocycles. The van der Waals surface area contributed by atoms with E-state index in [0.29, 0.717) is 0 Å². The zero-order valence-electron chi connectivity index (χ0n) is 9.86. The van der Waals surface area contributed by atoms with Gasteiger partial charge in [0.1, 0.15) is 11.6 Å². The van der Waals surface area contributed by atoms with Crippen LogP contribution in [0.2, 0.25) is 0 Å². The van der Waals surface area contributed by atoms with Gasteiger partial charge in [0.15, 0.2) is 0 Å². The van der Waals surface area contributed by atoms with Crippen molar-refractivity contribution in [2.75, 3.05) is 5.73 Å². The quantitative estimate of drug-likeness (QED) is 0.888. The fraction of sp³-hybridized carbons (Fsp3) is 0.0769. The zero-order chi connectivity index (χ0) is 13.8. The van der Waals surface area contributed by atoms with Crippen molar-refractivity contribution in [2.24, 2.45) is 0 Å². The molecule has 1 aromatic heterocycles. The number of anilines is 1. The van der Waals surface area contributed by atoms with Crippen LogP contribution in [-0.4, -0.2) is 10.9 Å². The van der Waals surface area contributed by atoms with E-state index in [1.807, 2.05) is 0 Å². The van der Waals surface area contributed by atoms with Gasteiger partial charge in [-0.1, -0.05) is 6.07 Å². The molecule has 2 rings (SSSR count). The number of nitrogens with zero attached hydrogens (tertiary/aromatic N) is 1. The molecule has 0 fully saturated rings. The van der Waals surface area contributed by atoms with Crippen LogP contribution >= 0.6 is 0 Å². The molecule has 98 valence electrons. The van der Waals surface area contributed by atoms with Crippen molar-refractivity contribution < 1.29 is 13.6 Å². The molecule has 1 amide bonds. The minimum Gasteiger partial charge on any atom is -0.397 e. The van der Waals surface area contributed by atoms with Crippen molar-refractivity contribution in [3.05, 3.63) is 59.4 Å². The minimum atomic E-state index is -0.706. The molecule has 0 saturated carbocycles. The monoisotopic (exact) mass is 263 g/mol. The number of carbonyl (C=O) groups excluding carboxylic acids is 1. The van der Waals surface area contributed by atoms with Crippen molar-refractivity contribution in [3.63, 3.8) is 0 Å². The lowest BCUT2D eigenvalue weighted by Crippen LogP contribution is -2.24. The number of pyridine rings is 1. The maximum absolute atomic E-state index is 13.4. The molecular weight excluding hydrogens is 252 g/mol. The first kappa shape index (κ1) is 12.9. The summed E-state index contributed by atoms with van der Waals surface area (Å²) in [6.45, 7) is -0.0489. The van der Waals surface area contributed by atoms with Crippen LogP contribution in [-0.2, 0) is 6.54 Å². The Balaban J connectivity index is 2.07. The number of hydrogen-bond donors (Lipinski definition) is 2. The fourth-order valence-electron chi connectivity index (χ4n) is 1.55. The third-order valence-corrected chi connectivity index (χ3v) is 2.55. The summed E-state index contributed by atoms with van der Waals surface area (Å²) in [5.74, 6) is -1.81. The number of amides is 1. The second-order valence-corrected chi connectivity index (χ2v) is 3.88. The van der Waals surface area contributed by atoms with Crippen LogP contribution in [0, 0.1) is 11.6 Å². The van der Waals surface area contributed by atoms with E-state index in [1.165, 1.54) is 24.5 Å². The minimum absolute atomic E-state index is 0.0489. The zero-order valence-corrected chi connectivity index (χ0v) is 9.86. The highest BCUT2D eigenvalue weighted by molar-refractivity contribution is 5.98. The van der Waals surface area contributed by atoms with E-state index in [1.54, 1.807) is 0 Å². The second-order valence-electron chi connectivity index (χ2n) is 3.88. The molecule has 0 atom stereocenters. The Hall–Kier alpha value is -2.50. The van der Waals surface area contributed by atoms with Crippen LogP contribution in [0.1, 0.15) is 15.9 Å². The van der Waals surface area contributed by atoms with Crippen LogP contribution in [0.25, 0.3) is 0 Å². The number of benzene rings is 1. The van der Waals surface area contributed by atoms with Crippen molar-refractivity contribution in [2.45, 2.75) is 6.54 Å². The summed E-state index contributed by atoms with van der Waals surface area (Å²) in [4.78, 5) is 15.6. The normalized spacial score (nSPS) is 10.2. The molecule has 19 heavy (non-hydrogen) atoms. The molecule has 6 heteroatoms. The summed E-state index contributed by atoms with van der Waals surface area (Å²) in [6, 6.07) is 4.64. The highest BCUT2D eigenvalue weighted by Crippen LogP contribution is 2.11. The van der Waals surface area contributed by atoms with Crippen LogP contribution in [0.4, 0.5) is 14.5 Å². The number of nitrogens with two attached hydrogens (primary N) is 1. The highest BCUT2D eigenvalue weighted by Gasteiger charge is 2.10. The number of rotatable bonds is 3. The van der Waals surface area contributed by atoms with Gasteiger partial charge in [-0.15, -0.1) is 0 Å². The largest absolute Gasteiger partial charge is 0.397 e. The molecule has 0 aliphatic carbocycles. The molecular formula is C13H11F2N3O. The standard InChI is InChI=1S/C13H11F2N3O/c14-9-2-1-8(11(15)5-9)6-18-13(19)10-3-4-17-7-12(10)16/h1-5,7H,6,16H2,(H,18,19). The molecule has 2 aromatic rings. The lowest BCUT2D eigenvalue weighted by Gasteiger charge is -2.07. The third-order valence-electron chi connectivity index (χ3n) is 2.55. The first-order valence-corrected chi connectivity index (χ1v) is 5.49. The van der Waals surface area contributed by atoms with Gasteiger partial charge in [-0.3, -0.25) is 9.78 Å². The molecule has 0 saturated heterocycles. The van der Waals surface area contributed by atoms with E-state index in [4.69, 9.17) is 5.73 Å². The first-order valence-electron chi connectivity index (χ1n) is 5.49. The Labute approximate surface area is 108 Å². The van der Waals surface area contributed by atoms with Gasteiger partial charge >= 0.3 is 0 Å². The van der Waals surface area contributed by atoms with Crippen molar-refractivity contribution in [3.8, 4) is 0 Å². The number of hydrogen-bond acceptors (Lipinski definition) is 3. The summed E-state index contributed by atoms with van der Waals surface area (Å²) in [6.07, 6.45) is 2.79. The average Bonchev–Trinajstić information content (AvgIpc) is 2.38. The molecule has 0 unspecified atom stereocenters. The smallest absolute Gasteiger partial charge is 0.253 e. The van der Waals surface area contributed by atoms with Gasteiger partial charge in [0.25, 0.3) is 5.91 Å². The Kier molecular flexibility index (Phi) is 3.70. The number of aromatic nitrogens is 1. The van der Waals surface area contributed by atoms with E-state index >= 15 is 0 Å². The predicted octanol–water partition coefficient (Wildman–Crippen LogP) is 1.87. The van der Waals surface area contributed by atoms with Crippen LogP contribution < -0.4 is 11.1 Å². The Morgan fingerprint density at radius 1 is 1.32 bits per heavy atom. The van der Waals surface area contributed by atoms with E-state index < -0.39 is 17.5 Å².